The van der Waals surface area contributed by atoms with Gasteiger partial charge in [-0.3, -0.25) is 0 Å². The van der Waals surface area contributed by atoms with Gasteiger partial charge >= 0.3 is 18.4 Å². The first-order chi connectivity index (χ1) is 12.6. The molecule has 0 aromatic heterocycles. The summed E-state index contributed by atoms with van der Waals surface area (Å²) in [5.41, 5.74) is 1.13. The quantitative estimate of drug-likeness (QED) is 0.503. The highest BCUT2D eigenvalue weighted by atomic mass is 16.9. The van der Waals surface area contributed by atoms with E-state index in [1.807, 2.05) is 6.07 Å². The Labute approximate surface area is 151 Å². The molecule has 7 heteroatoms. The van der Waals surface area contributed by atoms with Crippen LogP contribution in [0, 0.1) is 0 Å². The summed E-state index contributed by atoms with van der Waals surface area (Å²) in [6.45, 7) is 1.24. The molecule has 0 aliphatic rings. The Morgan fingerprint density at radius 3 is 2.27 bits per heavy atom. The molecule has 0 saturated carbocycles. The van der Waals surface area contributed by atoms with Gasteiger partial charge in [0.05, 0.1) is 12.7 Å². The van der Waals surface area contributed by atoms with Crippen LogP contribution in [-0.4, -0.2) is 33.8 Å². The molecular formula is C19H19O7. The number of carbonyl (C=O) groups is 1. The minimum absolute atomic E-state index is 0.0911. The molecule has 0 saturated heterocycles. The Morgan fingerprint density at radius 2 is 1.69 bits per heavy atom. The van der Waals surface area contributed by atoms with Crippen molar-refractivity contribution in [1.29, 1.82) is 0 Å². The lowest BCUT2D eigenvalue weighted by molar-refractivity contribution is -0.347. The van der Waals surface area contributed by atoms with Gasteiger partial charge in [0.1, 0.15) is 17.9 Å². The number of hydrogen-bond acceptors (Lipinski definition) is 7. The largest absolute Gasteiger partial charge is 0.495 e. The number of carbonyl (C=O) groups excluding carboxylic acids is 2. The molecule has 0 spiro atoms. The van der Waals surface area contributed by atoms with Crippen LogP contribution in [0.5, 0.6) is 5.75 Å². The van der Waals surface area contributed by atoms with Crippen molar-refractivity contribution in [2.75, 3.05) is 21.3 Å². The third-order valence-corrected chi connectivity index (χ3v) is 3.70. The SMILES string of the molecule is COc1c(CO[C]=O)cccc1C(=O)OC(OC)(OC)c1ccccc1. The van der Waals surface area contributed by atoms with Gasteiger partial charge < -0.3 is 23.7 Å². The maximum absolute atomic E-state index is 12.8. The van der Waals surface area contributed by atoms with Crippen molar-refractivity contribution in [2.24, 2.45) is 0 Å². The lowest BCUT2D eigenvalue weighted by Gasteiger charge is -2.30. The van der Waals surface area contributed by atoms with Crippen LogP contribution in [0.2, 0.25) is 0 Å². The van der Waals surface area contributed by atoms with Crippen molar-refractivity contribution in [3.63, 3.8) is 0 Å². The molecule has 2 rings (SSSR count). The molecule has 1 radical (unpaired) electrons. The van der Waals surface area contributed by atoms with Gasteiger partial charge in [0.25, 0.3) is 0 Å². The number of benzene rings is 2. The molecule has 26 heavy (non-hydrogen) atoms. The van der Waals surface area contributed by atoms with Crippen LogP contribution in [0.4, 0.5) is 0 Å². The summed E-state index contributed by atoms with van der Waals surface area (Å²) in [7, 11) is 4.13. The molecule has 0 aliphatic heterocycles. The van der Waals surface area contributed by atoms with Crippen molar-refractivity contribution in [3.8, 4) is 5.75 Å². The topological polar surface area (TPSA) is 80.3 Å². The Balaban J connectivity index is 2.37. The highest BCUT2D eigenvalue weighted by Crippen LogP contribution is 2.32. The molecule has 0 unspecified atom stereocenters. The van der Waals surface area contributed by atoms with Crippen LogP contribution < -0.4 is 4.74 Å². The lowest BCUT2D eigenvalue weighted by atomic mass is 10.1. The standard InChI is InChI=1S/C19H19O7/c1-22-17-14(12-25-13-20)8-7-11-16(17)18(21)26-19(23-2,24-3)15-9-5-4-6-10-15/h4-11H,12H2,1-3H3. The van der Waals surface area contributed by atoms with Crippen LogP contribution in [0.1, 0.15) is 21.5 Å². The number of para-hydroxylation sites is 1. The molecule has 0 heterocycles. The molecule has 0 aliphatic carbocycles. The summed E-state index contributed by atoms with van der Waals surface area (Å²) < 4.78 is 26.1. The molecule has 2 aromatic rings. The average molecular weight is 359 g/mol. The lowest BCUT2D eigenvalue weighted by Crippen LogP contribution is -2.36. The van der Waals surface area contributed by atoms with Gasteiger partial charge in [0.15, 0.2) is 0 Å². The highest BCUT2D eigenvalue weighted by Gasteiger charge is 2.38. The number of rotatable bonds is 9. The smallest absolute Gasteiger partial charge is 0.417 e. The van der Waals surface area contributed by atoms with E-state index < -0.39 is 11.9 Å². The first kappa shape index (κ1) is 19.4. The van der Waals surface area contributed by atoms with Gasteiger partial charge in [-0.15, -0.1) is 0 Å². The zero-order valence-corrected chi connectivity index (χ0v) is 14.7. The fraction of sp³-hybridized carbons (Fsp3) is 0.263. The predicted octanol–water partition coefficient (Wildman–Crippen LogP) is 2.54. The second-order valence-corrected chi connectivity index (χ2v) is 5.09. The minimum atomic E-state index is -1.72. The molecule has 0 atom stereocenters. The molecule has 2 aromatic carbocycles. The van der Waals surface area contributed by atoms with Crippen LogP contribution in [0.15, 0.2) is 48.5 Å². The number of esters is 1. The van der Waals surface area contributed by atoms with Crippen molar-refractivity contribution in [1.82, 2.24) is 0 Å². The van der Waals surface area contributed by atoms with E-state index >= 15 is 0 Å². The minimum Gasteiger partial charge on any atom is -0.495 e. The summed E-state index contributed by atoms with van der Waals surface area (Å²) in [5.74, 6) is -2.22. The molecule has 0 bridgehead atoms. The summed E-state index contributed by atoms with van der Waals surface area (Å²) >= 11 is 0. The maximum Gasteiger partial charge on any atom is 0.417 e. The Bertz CT molecular complexity index is 739. The summed E-state index contributed by atoms with van der Waals surface area (Å²) in [4.78, 5) is 23.1. The Morgan fingerprint density at radius 1 is 1.00 bits per heavy atom. The number of ether oxygens (including phenoxy) is 5. The Kier molecular flexibility index (Phi) is 6.71. The summed E-state index contributed by atoms with van der Waals surface area (Å²) in [6.07, 6.45) is 0. The van der Waals surface area contributed by atoms with Crippen molar-refractivity contribution in [2.45, 2.75) is 12.6 Å². The predicted molar refractivity (Wildman–Crippen MR) is 91.0 cm³/mol. The molecule has 0 fully saturated rings. The normalized spacial score (nSPS) is 10.9. The van der Waals surface area contributed by atoms with Gasteiger partial charge in [-0.05, 0) is 18.2 Å². The second-order valence-electron chi connectivity index (χ2n) is 5.09. The maximum atomic E-state index is 12.8. The van der Waals surface area contributed by atoms with E-state index in [0.29, 0.717) is 11.1 Å². The van der Waals surface area contributed by atoms with E-state index in [2.05, 4.69) is 4.74 Å². The molecule has 0 amide bonds. The van der Waals surface area contributed by atoms with E-state index in [9.17, 15) is 9.59 Å². The Hall–Kier alpha value is -2.90. The van der Waals surface area contributed by atoms with Gasteiger partial charge in [-0.2, -0.15) is 0 Å². The first-order valence-corrected chi connectivity index (χ1v) is 7.65. The van der Waals surface area contributed by atoms with Crippen LogP contribution >= 0.6 is 0 Å². The number of hydrogen-bond donors (Lipinski definition) is 0. The summed E-state index contributed by atoms with van der Waals surface area (Å²) in [5, 5.41) is 0. The summed E-state index contributed by atoms with van der Waals surface area (Å²) in [6, 6.07) is 13.6. The molecule has 0 N–H and O–H groups in total. The zero-order chi connectivity index (χ0) is 19.0. The van der Waals surface area contributed by atoms with Crippen molar-refractivity contribution < 1.29 is 33.3 Å². The van der Waals surface area contributed by atoms with E-state index in [0.717, 1.165) is 0 Å². The van der Waals surface area contributed by atoms with E-state index in [-0.39, 0.29) is 17.9 Å². The molecular weight excluding hydrogens is 340 g/mol. The van der Waals surface area contributed by atoms with Crippen LogP contribution in [0.25, 0.3) is 0 Å². The van der Waals surface area contributed by atoms with Gasteiger partial charge in [0.2, 0.25) is 0 Å². The van der Waals surface area contributed by atoms with E-state index in [4.69, 9.17) is 18.9 Å². The number of methoxy groups -OCH3 is 3. The molecule has 137 valence electrons. The second kappa shape index (κ2) is 8.98. The van der Waals surface area contributed by atoms with Crippen molar-refractivity contribution >= 4 is 12.4 Å². The van der Waals surface area contributed by atoms with Gasteiger partial charge in [0, 0.05) is 19.8 Å². The fourth-order valence-electron chi connectivity index (χ4n) is 2.49. The molecule has 7 nitrogen and oxygen atoms in total. The monoisotopic (exact) mass is 359 g/mol. The van der Waals surface area contributed by atoms with Crippen molar-refractivity contribution in [3.05, 3.63) is 65.2 Å². The fourth-order valence-corrected chi connectivity index (χ4v) is 2.49. The van der Waals surface area contributed by atoms with Gasteiger partial charge in [-0.25, -0.2) is 9.59 Å². The third-order valence-electron chi connectivity index (χ3n) is 3.70. The van der Waals surface area contributed by atoms with E-state index in [1.54, 1.807) is 36.4 Å². The van der Waals surface area contributed by atoms with Gasteiger partial charge in [-0.1, -0.05) is 30.3 Å². The highest BCUT2D eigenvalue weighted by molar-refractivity contribution is 5.93. The van der Waals surface area contributed by atoms with E-state index in [1.165, 1.54) is 33.9 Å². The third kappa shape index (κ3) is 4.01. The average Bonchev–Trinajstić information content (AvgIpc) is 2.70. The zero-order valence-electron chi connectivity index (χ0n) is 14.7. The first-order valence-electron chi connectivity index (χ1n) is 7.65. The van der Waals surface area contributed by atoms with Crippen LogP contribution in [-0.2, 0) is 36.3 Å². The van der Waals surface area contributed by atoms with Crippen LogP contribution in [0.3, 0.4) is 0 Å².